The summed E-state index contributed by atoms with van der Waals surface area (Å²) >= 11 is 1.94. The number of hydrogen-bond acceptors (Lipinski definition) is 3. The highest BCUT2D eigenvalue weighted by Crippen LogP contribution is 2.41. The molecule has 94 valence electrons. The van der Waals surface area contributed by atoms with Gasteiger partial charge in [0.25, 0.3) is 0 Å². The van der Waals surface area contributed by atoms with E-state index in [1.54, 1.807) is 10.4 Å². The van der Waals surface area contributed by atoms with Crippen LogP contribution in [0.25, 0.3) is 0 Å². The van der Waals surface area contributed by atoms with Crippen LogP contribution in [0, 0.1) is 5.92 Å². The Morgan fingerprint density at radius 3 is 3.18 bits per heavy atom. The van der Waals surface area contributed by atoms with Crippen LogP contribution in [0.3, 0.4) is 0 Å². The zero-order valence-corrected chi connectivity index (χ0v) is 11.4. The van der Waals surface area contributed by atoms with E-state index >= 15 is 0 Å². The monoisotopic (exact) mass is 250 g/mol. The largest absolute Gasteiger partial charge is 0.330 e. The molecule has 0 amide bonds. The van der Waals surface area contributed by atoms with Gasteiger partial charge in [0.15, 0.2) is 0 Å². The molecule has 0 spiro atoms. The van der Waals surface area contributed by atoms with Crippen molar-refractivity contribution in [1.29, 1.82) is 0 Å². The van der Waals surface area contributed by atoms with Gasteiger partial charge in [-0.3, -0.25) is 4.90 Å². The van der Waals surface area contributed by atoms with Crippen LogP contribution < -0.4 is 5.73 Å². The van der Waals surface area contributed by atoms with Gasteiger partial charge in [-0.15, -0.1) is 11.3 Å². The first-order valence-corrected chi connectivity index (χ1v) is 7.69. The molecule has 2 nitrogen and oxygen atoms in total. The maximum Gasteiger partial charge on any atom is 0.0362 e. The van der Waals surface area contributed by atoms with Crippen LogP contribution in [-0.2, 0) is 6.42 Å². The summed E-state index contributed by atoms with van der Waals surface area (Å²) in [7, 11) is 0. The van der Waals surface area contributed by atoms with Crippen molar-refractivity contribution in [2.24, 2.45) is 11.7 Å². The van der Waals surface area contributed by atoms with Gasteiger partial charge in [-0.2, -0.15) is 0 Å². The number of rotatable bonds is 2. The Kier molecular flexibility index (Phi) is 3.24. The summed E-state index contributed by atoms with van der Waals surface area (Å²) in [5.41, 5.74) is 7.45. The SMILES string of the molecule is CC1CC(CN)CN1C1CCCc2sccc21. The first-order valence-electron chi connectivity index (χ1n) is 6.81. The Labute approximate surface area is 108 Å². The molecule has 3 atom stereocenters. The van der Waals surface area contributed by atoms with Crippen molar-refractivity contribution in [2.45, 2.75) is 44.7 Å². The molecule has 0 aromatic carbocycles. The second-order valence-electron chi connectivity index (χ2n) is 5.59. The minimum absolute atomic E-state index is 0.677. The summed E-state index contributed by atoms with van der Waals surface area (Å²) < 4.78 is 0. The molecule has 1 fully saturated rings. The van der Waals surface area contributed by atoms with Crippen LogP contribution in [0.1, 0.15) is 42.7 Å². The minimum atomic E-state index is 0.677. The number of aryl methyl sites for hydroxylation is 1. The summed E-state index contributed by atoms with van der Waals surface area (Å²) in [6.07, 6.45) is 5.28. The molecule has 3 unspecified atom stereocenters. The Morgan fingerprint density at radius 2 is 2.41 bits per heavy atom. The smallest absolute Gasteiger partial charge is 0.0362 e. The van der Waals surface area contributed by atoms with Crippen LogP contribution in [0.2, 0.25) is 0 Å². The van der Waals surface area contributed by atoms with Gasteiger partial charge in [0, 0.05) is 23.5 Å². The van der Waals surface area contributed by atoms with E-state index in [-0.39, 0.29) is 0 Å². The molecule has 3 heteroatoms. The van der Waals surface area contributed by atoms with Crippen LogP contribution in [-0.4, -0.2) is 24.0 Å². The Morgan fingerprint density at radius 1 is 1.53 bits per heavy atom. The molecule has 1 aliphatic heterocycles. The lowest BCUT2D eigenvalue weighted by molar-refractivity contribution is 0.170. The van der Waals surface area contributed by atoms with Gasteiger partial charge in [0.05, 0.1) is 0 Å². The van der Waals surface area contributed by atoms with Gasteiger partial charge >= 0.3 is 0 Å². The minimum Gasteiger partial charge on any atom is -0.330 e. The standard InChI is InChI=1S/C14H22N2S/c1-10-7-11(8-15)9-16(10)13-3-2-4-14-12(13)5-6-17-14/h5-6,10-11,13H,2-4,7-9,15H2,1H3. The number of nitrogens with two attached hydrogens (primary N) is 1. The maximum atomic E-state index is 5.84. The molecule has 17 heavy (non-hydrogen) atoms. The zero-order chi connectivity index (χ0) is 11.8. The summed E-state index contributed by atoms with van der Waals surface area (Å²) in [4.78, 5) is 4.34. The maximum absolute atomic E-state index is 5.84. The normalized spacial score (nSPS) is 33.9. The van der Waals surface area contributed by atoms with E-state index in [9.17, 15) is 0 Å². The van der Waals surface area contributed by atoms with Gasteiger partial charge in [0.2, 0.25) is 0 Å². The van der Waals surface area contributed by atoms with Gasteiger partial charge < -0.3 is 5.73 Å². The summed E-state index contributed by atoms with van der Waals surface area (Å²) in [6, 6.07) is 3.74. The molecule has 0 bridgehead atoms. The van der Waals surface area contributed by atoms with E-state index in [2.05, 4.69) is 23.3 Å². The molecule has 1 aliphatic carbocycles. The molecule has 1 aromatic rings. The molecule has 2 heterocycles. The van der Waals surface area contributed by atoms with Crippen molar-refractivity contribution in [2.75, 3.05) is 13.1 Å². The number of likely N-dealkylation sites (tertiary alicyclic amines) is 1. The number of thiophene rings is 1. The van der Waals surface area contributed by atoms with Crippen LogP contribution in [0.5, 0.6) is 0 Å². The van der Waals surface area contributed by atoms with E-state index in [1.807, 2.05) is 11.3 Å². The van der Waals surface area contributed by atoms with Crippen LogP contribution >= 0.6 is 11.3 Å². The van der Waals surface area contributed by atoms with E-state index in [1.165, 1.54) is 32.2 Å². The summed E-state index contributed by atoms with van der Waals surface area (Å²) in [5, 5.41) is 2.27. The lowest BCUT2D eigenvalue weighted by Gasteiger charge is -2.34. The quantitative estimate of drug-likeness (QED) is 0.874. The predicted octanol–water partition coefficient (Wildman–Crippen LogP) is 2.79. The first-order chi connectivity index (χ1) is 8.29. The van der Waals surface area contributed by atoms with E-state index in [0.29, 0.717) is 18.0 Å². The van der Waals surface area contributed by atoms with Crippen molar-refractivity contribution in [1.82, 2.24) is 4.90 Å². The van der Waals surface area contributed by atoms with Crippen molar-refractivity contribution < 1.29 is 0 Å². The fraction of sp³-hybridized carbons (Fsp3) is 0.714. The third-order valence-electron chi connectivity index (χ3n) is 4.46. The van der Waals surface area contributed by atoms with Crippen molar-refractivity contribution >= 4 is 11.3 Å². The van der Waals surface area contributed by atoms with E-state index in [0.717, 1.165) is 6.54 Å². The third kappa shape index (κ3) is 2.05. The topological polar surface area (TPSA) is 29.3 Å². The van der Waals surface area contributed by atoms with Gasteiger partial charge in [0.1, 0.15) is 0 Å². The van der Waals surface area contributed by atoms with Crippen LogP contribution in [0.4, 0.5) is 0 Å². The molecule has 3 rings (SSSR count). The molecule has 2 aliphatic rings. The van der Waals surface area contributed by atoms with Crippen LogP contribution in [0.15, 0.2) is 11.4 Å². The summed E-state index contributed by atoms with van der Waals surface area (Å²) in [5.74, 6) is 0.717. The number of nitrogens with zero attached hydrogens (tertiary/aromatic N) is 1. The third-order valence-corrected chi connectivity index (χ3v) is 5.46. The Balaban J connectivity index is 1.82. The molecular weight excluding hydrogens is 228 g/mol. The van der Waals surface area contributed by atoms with Gasteiger partial charge in [-0.25, -0.2) is 0 Å². The zero-order valence-electron chi connectivity index (χ0n) is 10.6. The fourth-order valence-corrected chi connectivity index (χ4v) is 4.56. The lowest BCUT2D eigenvalue weighted by Crippen LogP contribution is -2.34. The molecule has 0 radical (unpaired) electrons. The number of fused-ring (bicyclic) bond motifs is 1. The highest BCUT2D eigenvalue weighted by atomic mass is 32.1. The van der Waals surface area contributed by atoms with Gasteiger partial charge in [-0.05, 0) is 62.1 Å². The molecule has 0 saturated carbocycles. The highest BCUT2D eigenvalue weighted by Gasteiger charge is 2.35. The van der Waals surface area contributed by atoms with Gasteiger partial charge in [-0.1, -0.05) is 0 Å². The lowest BCUT2D eigenvalue weighted by atomic mass is 9.92. The van der Waals surface area contributed by atoms with E-state index in [4.69, 9.17) is 5.73 Å². The van der Waals surface area contributed by atoms with E-state index < -0.39 is 0 Å². The van der Waals surface area contributed by atoms with Crippen molar-refractivity contribution in [3.05, 3.63) is 21.9 Å². The highest BCUT2D eigenvalue weighted by molar-refractivity contribution is 7.10. The average Bonchev–Trinajstić information content (AvgIpc) is 2.94. The Bertz CT molecular complexity index is 387. The first kappa shape index (κ1) is 11.7. The second-order valence-corrected chi connectivity index (χ2v) is 6.59. The molecular formula is C14H22N2S. The Hall–Kier alpha value is -0.380. The summed E-state index contributed by atoms with van der Waals surface area (Å²) in [6.45, 7) is 4.43. The molecule has 2 N–H and O–H groups in total. The van der Waals surface area contributed by atoms with Crippen molar-refractivity contribution in [3.8, 4) is 0 Å². The molecule has 1 aromatic heterocycles. The molecule has 1 saturated heterocycles. The average molecular weight is 250 g/mol. The number of hydrogen-bond donors (Lipinski definition) is 1. The van der Waals surface area contributed by atoms with Crippen molar-refractivity contribution in [3.63, 3.8) is 0 Å². The fourth-order valence-electron chi connectivity index (χ4n) is 3.58. The second kappa shape index (κ2) is 4.71. The predicted molar refractivity (Wildman–Crippen MR) is 73.3 cm³/mol.